The van der Waals surface area contributed by atoms with Gasteiger partial charge >= 0.3 is 5.97 Å². The number of rotatable bonds is 38. The number of aliphatic hydroxyl groups excluding tert-OH is 4. The van der Waals surface area contributed by atoms with E-state index in [2.05, 4.69) is 57.8 Å². The third-order valence-corrected chi connectivity index (χ3v) is 20.6. The Morgan fingerprint density at radius 3 is 1.74 bits per heavy atom. The molecular formula is C75H125N21O23. The van der Waals surface area contributed by atoms with Gasteiger partial charge in [0.25, 0.3) is 5.91 Å². The van der Waals surface area contributed by atoms with Gasteiger partial charge in [-0.3, -0.25) is 81.9 Å². The van der Waals surface area contributed by atoms with Gasteiger partial charge in [0.1, 0.15) is 84.5 Å². The number of cyclic esters (lactones) is 1. The van der Waals surface area contributed by atoms with Crippen molar-refractivity contribution in [1.82, 2.24) is 57.7 Å². The standard InChI is InChI=1S/C75H125N21O23/c1-33(2)29-35(5)57(102)38(8)62(106)88-45(31-51(77)100)64(108)86-43(17-15-26-84-74(80)81)58(103)59(104)70(114)91-53(36(6)37(7)61(79)105)66(110)93-55-40(10)119-73(117)49-19-13-14-28-96(49)72(116)47(32-52(78)101)90-69(113)56(60(118-12)41-20-22-42(98)23-21-41)94-65(109)48(24-25-50(76)99)95(11)71(115)46(30-34(3)4)89-63(107)44(18-16-27-85-75(82)83)87-67(111)54(39(9)97)92-68(55)112/h20-23,33-40,43-49,53-60,97-98,102-104H,13-19,24-32H2,1-12H3,(H2,76,99)(H2,77,100)(H2,78,101)(H2,79,105)(H,86,108)(H,87,111)(H,88,106)(H,89,107)(H,90,113)(H,91,114)(H,92,112)(H,93,110)(H,94,109)(H4,80,81,84)(H4,82,83,85)/t35?,36-,37+,38?,39+,40+,43-,44+,45-,46-,47+,48-,49+,53-,54+,55+,56+,57?,58?,59?,60?/m0/s1. The second-order valence-electron chi connectivity index (χ2n) is 31.2. The van der Waals surface area contributed by atoms with Crippen molar-refractivity contribution in [1.29, 1.82) is 0 Å². The monoisotopic (exact) mass is 1690 g/mol. The molecule has 0 saturated carbocycles. The molecule has 0 aromatic heterocycles. The van der Waals surface area contributed by atoms with Crippen LogP contribution in [0.25, 0.3) is 0 Å². The van der Waals surface area contributed by atoms with Crippen LogP contribution in [0.1, 0.15) is 164 Å². The molecule has 0 spiro atoms. The van der Waals surface area contributed by atoms with Crippen LogP contribution in [0.3, 0.4) is 0 Å². The van der Waals surface area contributed by atoms with Gasteiger partial charge in [-0.15, -0.1) is 0 Å². The third-order valence-electron chi connectivity index (χ3n) is 20.6. The van der Waals surface area contributed by atoms with Gasteiger partial charge < -0.3 is 139 Å². The summed E-state index contributed by atoms with van der Waals surface area (Å²) in [7, 11) is 2.25. The molecule has 6 unspecified atom stereocenters. The molecule has 0 bridgehead atoms. The maximum atomic E-state index is 15.4. The minimum atomic E-state index is -2.71. The normalized spacial score (nSPS) is 23.3. The van der Waals surface area contributed by atoms with Crippen molar-refractivity contribution in [3.63, 3.8) is 0 Å². The largest absolute Gasteiger partial charge is 0.508 e. The fraction of sp³-hybridized carbons (Fsp3) is 0.680. The minimum absolute atomic E-state index is 0.0999. The zero-order chi connectivity index (χ0) is 90.3. The van der Waals surface area contributed by atoms with E-state index in [1.54, 1.807) is 20.8 Å². The number of piperidine rings is 1. The van der Waals surface area contributed by atoms with E-state index in [-0.39, 0.29) is 93.7 Å². The molecule has 119 heavy (non-hydrogen) atoms. The highest BCUT2D eigenvalue weighted by Crippen LogP contribution is 2.28. The fourth-order valence-corrected chi connectivity index (χ4v) is 13.7. The Labute approximate surface area is 689 Å². The zero-order valence-electron chi connectivity index (χ0n) is 69.4. The molecule has 668 valence electrons. The summed E-state index contributed by atoms with van der Waals surface area (Å²) in [4.78, 5) is 239. The Hall–Kier alpha value is -11.1. The van der Waals surface area contributed by atoms with Crippen molar-refractivity contribution in [2.45, 2.75) is 256 Å². The van der Waals surface area contributed by atoms with Crippen LogP contribution in [0.15, 0.2) is 34.3 Å². The predicted octanol–water partition coefficient (Wildman–Crippen LogP) is -7.69. The predicted molar refractivity (Wildman–Crippen MR) is 427 cm³/mol. The molecule has 1 aromatic rings. The van der Waals surface area contributed by atoms with Crippen LogP contribution in [-0.2, 0) is 86.2 Å². The van der Waals surface area contributed by atoms with E-state index in [1.807, 2.05) is 13.8 Å². The van der Waals surface area contributed by atoms with Crippen LogP contribution in [0, 0.1) is 35.5 Å². The van der Waals surface area contributed by atoms with Crippen molar-refractivity contribution in [3.8, 4) is 5.75 Å². The summed E-state index contributed by atoms with van der Waals surface area (Å²) in [5, 5.41) is 78.3. The number of esters is 1. The maximum Gasteiger partial charge on any atom is 0.329 e. The number of methoxy groups -OCH3 is 1. The minimum Gasteiger partial charge on any atom is -0.508 e. The molecule has 2 fully saturated rings. The first-order valence-corrected chi connectivity index (χ1v) is 39.3. The fourth-order valence-electron chi connectivity index (χ4n) is 13.7. The van der Waals surface area contributed by atoms with Crippen molar-refractivity contribution in [2.24, 2.45) is 91.4 Å². The summed E-state index contributed by atoms with van der Waals surface area (Å²) in [6, 6.07) is -16.1. The van der Waals surface area contributed by atoms with E-state index in [9.17, 15) is 68.7 Å². The maximum absolute atomic E-state index is 15.4. The summed E-state index contributed by atoms with van der Waals surface area (Å²) in [6.45, 7) is 14.0. The number of fused-ring (bicyclic) bond motifs is 1. The molecule has 2 heterocycles. The number of phenolic OH excluding ortho intramolecular Hbond substituents is 1. The van der Waals surface area contributed by atoms with E-state index in [0.29, 0.717) is 6.42 Å². The van der Waals surface area contributed by atoms with Crippen molar-refractivity contribution in [3.05, 3.63) is 29.8 Å². The van der Waals surface area contributed by atoms with Crippen LogP contribution in [0.5, 0.6) is 5.75 Å². The number of hydrogen-bond donors (Lipinski definition) is 22. The Morgan fingerprint density at radius 2 is 1.19 bits per heavy atom. The molecule has 15 amide bonds. The Morgan fingerprint density at radius 1 is 0.613 bits per heavy atom. The van der Waals surface area contributed by atoms with Gasteiger partial charge in [-0.05, 0) is 119 Å². The lowest BCUT2D eigenvalue weighted by molar-refractivity contribution is -0.164. The number of benzene rings is 1. The molecule has 1 aromatic carbocycles. The van der Waals surface area contributed by atoms with E-state index in [0.717, 1.165) is 37.8 Å². The molecule has 2 aliphatic rings. The van der Waals surface area contributed by atoms with Gasteiger partial charge in [-0.1, -0.05) is 67.5 Å². The van der Waals surface area contributed by atoms with Gasteiger partial charge in [0.05, 0.1) is 37.0 Å². The van der Waals surface area contributed by atoms with Crippen molar-refractivity contribution < 1.29 is 112 Å². The molecule has 0 radical (unpaired) electrons. The highest BCUT2D eigenvalue weighted by atomic mass is 16.5. The average Bonchev–Trinajstić information content (AvgIpc) is 0.995. The van der Waals surface area contributed by atoms with Crippen LogP contribution in [0.4, 0.5) is 0 Å². The number of carbonyl (C=O) groups excluding carboxylic acids is 16. The molecule has 2 saturated heterocycles. The first kappa shape index (κ1) is 102. The second-order valence-corrected chi connectivity index (χ2v) is 31.2. The SMILES string of the molecule is COC(c1ccc(O)cc1)[C@H]1NC(=O)[C@H](CCC(N)=O)N(C)C(=O)[C@H](CC(C)C)NC(=O)[C@@H](CCCN=C(N)N)NC(=O)[C@@H]([C@@H](C)O)NC(=O)[C@H](NC(=O)[C@@H](NC(=O)C(O)C(O)[C@H](CCCN=C(N)N)NC(=O)[C@H](CC(N)=O)NC(=O)C(C)C(O)C(C)CC(C)C)[C@@H](C)[C@@H](C)C(N)=O)[C@@H](C)OC(=O)[C@H]2CCCCN2C(=O)[C@@H](CC(N)=O)NC1=O. The number of amides is 15. The number of aliphatic hydroxyl groups is 4. The van der Waals surface area contributed by atoms with Crippen LogP contribution < -0.4 is 93.7 Å². The lowest BCUT2D eigenvalue weighted by atomic mass is 9.87. The average molecular weight is 1690 g/mol. The molecule has 0 aliphatic carbocycles. The third kappa shape index (κ3) is 32.3. The quantitative estimate of drug-likeness (QED) is 0.0127. The van der Waals surface area contributed by atoms with E-state index in [1.165, 1.54) is 45.0 Å². The molecule has 21 atom stereocenters. The number of ether oxygens (including phenoxy) is 2. The van der Waals surface area contributed by atoms with Gasteiger partial charge in [0, 0.05) is 46.1 Å². The molecule has 44 nitrogen and oxygen atoms in total. The van der Waals surface area contributed by atoms with E-state index < -0.39 is 259 Å². The lowest BCUT2D eigenvalue weighted by Gasteiger charge is -2.38. The number of aliphatic imine (C=N–C) groups is 2. The summed E-state index contributed by atoms with van der Waals surface area (Å²) >= 11 is 0. The Bertz CT molecular complexity index is 3750. The number of hydrogen-bond acceptors (Lipinski definition) is 25. The highest BCUT2D eigenvalue weighted by molar-refractivity contribution is 6.01. The summed E-state index contributed by atoms with van der Waals surface area (Å²) in [5.74, 6) is -25.4. The Balaban J connectivity index is 2.43. The summed E-state index contributed by atoms with van der Waals surface area (Å²) in [6.07, 6.45) is -15.5. The molecule has 3 rings (SSSR count). The van der Waals surface area contributed by atoms with Gasteiger partial charge in [-0.25, -0.2) is 4.79 Å². The number of nitrogens with one attached hydrogen (secondary N) is 9. The molecule has 44 heteroatoms. The zero-order valence-corrected chi connectivity index (χ0v) is 69.4. The van der Waals surface area contributed by atoms with Crippen molar-refractivity contribution >= 4 is 106 Å². The number of nitrogens with zero attached hydrogens (tertiary/aromatic N) is 4. The number of likely N-dealkylation sites (N-methyl/N-ethyl adjacent to an activating group) is 1. The highest BCUT2D eigenvalue weighted by Gasteiger charge is 2.47. The second kappa shape index (κ2) is 48.7. The van der Waals surface area contributed by atoms with Crippen molar-refractivity contribution in [2.75, 3.05) is 33.8 Å². The van der Waals surface area contributed by atoms with Crippen LogP contribution in [0.2, 0.25) is 0 Å². The summed E-state index contributed by atoms with van der Waals surface area (Å²) in [5.41, 5.74) is 45.0. The van der Waals surface area contributed by atoms with Gasteiger partial charge in [0.2, 0.25) is 82.7 Å². The van der Waals surface area contributed by atoms with Crippen LogP contribution >= 0.6 is 0 Å². The van der Waals surface area contributed by atoms with E-state index in [4.69, 9.17) is 55.3 Å². The number of carbonyl (C=O) groups is 16. The van der Waals surface area contributed by atoms with Gasteiger partial charge in [-0.2, -0.15) is 0 Å². The number of guanidine groups is 2. The number of primary amides is 4. The van der Waals surface area contributed by atoms with Gasteiger partial charge in [0.15, 0.2) is 18.0 Å². The Kier molecular flexibility index (Phi) is 41.8. The first-order valence-electron chi connectivity index (χ1n) is 39.3. The topological polar surface area (TPSA) is 740 Å². The molecular weight excluding hydrogens is 1560 g/mol. The molecule has 2 aliphatic heterocycles. The van der Waals surface area contributed by atoms with E-state index >= 15 is 33.6 Å². The van der Waals surface area contributed by atoms with Crippen LogP contribution in [-0.4, -0.2) is 273 Å². The molecule has 30 N–H and O–H groups in total. The number of aromatic hydroxyl groups is 1. The first-order chi connectivity index (χ1) is 55.5. The smallest absolute Gasteiger partial charge is 0.329 e. The lowest BCUT2D eigenvalue weighted by Crippen LogP contribution is -2.65. The number of phenols is 1. The summed E-state index contributed by atoms with van der Waals surface area (Å²) < 4.78 is 11.8. The number of nitrogens with two attached hydrogens (primary N) is 8.